The maximum atomic E-state index is 10.2. The molecular weight excluding hydrogens is 311 g/mol. The average molecular weight is 339 g/mol. The van der Waals surface area contributed by atoms with E-state index in [-0.39, 0.29) is 5.41 Å². The zero-order valence-corrected chi connectivity index (χ0v) is 14.1. The van der Waals surface area contributed by atoms with Gasteiger partial charge in [0.05, 0.1) is 11.2 Å². The van der Waals surface area contributed by atoms with E-state index in [2.05, 4.69) is 36.7 Å². The van der Waals surface area contributed by atoms with E-state index < -0.39 is 18.9 Å². The molecule has 0 saturated heterocycles. The van der Waals surface area contributed by atoms with Crippen LogP contribution in [0.4, 0.5) is 0 Å². The number of alkyl halides is 1. The van der Waals surface area contributed by atoms with Crippen LogP contribution < -0.4 is 0 Å². The molecule has 3 atom stereocenters. The first-order valence-corrected chi connectivity index (χ1v) is 7.99. The predicted molar refractivity (Wildman–Crippen MR) is 82.4 cm³/mol. The van der Waals surface area contributed by atoms with E-state index in [4.69, 9.17) is 10.0 Å². The SMILES string of the molecule is CC1(O)CCC2CC1(O)C2(C)C.CCCBr.OBO. The largest absolute Gasteiger partial charge is 0.432 e. The number of rotatable bonds is 1. The number of halogens is 1. The minimum absolute atomic E-state index is 0.0885. The summed E-state index contributed by atoms with van der Waals surface area (Å²) in [5.74, 6) is 0.614. The maximum absolute atomic E-state index is 10.2. The molecule has 0 heterocycles. The van der Waals surface area contributed by atoms with Crippen molar-refractivity contribution in [3.63, 3.8) is 0 Å². The molecule has 0 aromatic rings. The second-order valence-electron chi connectivity index (χ2n) is 6.13. The Kier molecular flexibility index (Phi) is 7.56. The van der Waals surface area contributed by atoms with Crippen molar-refractivity contribution in [3.05, 3.63) is 0 Å². The molecule has 0 aliphatic heterocycles. The first-order chi connectivity index (χ1) is 8.64. The summed E-state index contributed by atoms with van der Waals surface area (Å²) in [6.07, 6.45) is 3.83. The normalized spacial score (nSPS) is 37.8. The Balaban J connectivity index is 0.000000393. The summed E-state index contributed by atoms with van der Waals surface area (Å²) in [5.41, 5.74) is -1.79. The maximum Gasteiger partial charge on any atom is 0.432 e. The van der Waals surface area contributed by atoms with Crippen molar-refractivity contribution in [3.8, 4) is 0 Å². The molecular formula is C13H28BBrO4. The van der Waals surface area contributed by atoms with E-state index >= 15 is 0 Å². The predicted octanol–water partition coefficient (Wildman–Crippen LogP) is 1.34. The van der Waals surface area contributed by atoms with Crippen LogP contribution in [0.15, 0.2) is 0 Å². The van der Waals surface area contributed by atoms with Crippen LogP contribution >= 0.6 is 15.9 Å². The van der Waals surface area contributed by atoms with Gasteiger partial charge >= 0.3 is 7.69 Å². The summed E-state index contributed by atoms with van der Waals surface area (Å²) >= 11 is 3.25. The number of hydrogen-bond donors (Lipinski definition) is 4. The minimum Gasteiger partial charge on any atom is -0.430 e. The topological polar surface area (TPSA) is 80.9 Å². The molecule has 0 spiro atoms. The Morgan fingerprint density at radius 1 is 1.21 bits per heavy atom. The van der Waals surface area contributed by atoms with Crippen molar-refractivity contribution in [2.45, 2.75) is 64.6 Å². The molecule has 3 unspecified atom stereocenters. The van der Waals surface area contributed by atoms with Gasteiger partial charge in [-0.05, 0) is 43.9 Å². The fourth-order valence-electron chi connectivity index (χ4n) is 3.12. The van der Waals surface area contributed by atoms with E-state index in [1.165, 1.54) is 6.42 Å². The monoisotopic (exact) mass is 338 g/mol. The lowest BCUT2D eigenvalue weighted by Crippen LogP contribution is -2.74. The van der Waals surface area contributed by atoms with E-state index in [9.17, 15) is 10.2 Å². The van der Waals surface area contributed by atoms with Gasteiger partial charge in [0, 0.05) is 5.33 Å². The van der Waals surface area contributed by atoms with Gasteiger partial charge in [-0.25, -0.2) is 0 Å². The van der Waals surface area contributed by atoms with Crippen LogP contribution in [0.2, 0.25) is 0 Å². The molecule has 6 heteroatoms. The molecule has 3 fully saturated rings. The highest BCUT2D eigenvalue weighted by atomic mass is 79.9. The fourth-order valence-corrected chi connectivity index (χ4v) is 3.12. The first kappa shape index (κ1) is 19.4. The second-order valence-corrected chi connectivity index (χ2v) is 6.92. The van der Waals surface area contributed by atoms with Gasteiger partial charge in [0.15, 0.2) is 0 Å². The van der Waals surface area contributed by atoms with Gasteiger partial charge in [-0.3, -0.25) is 0 Å². The van der Waals surface area contributed by atoms with Crippen molar-refractivity contribution >= 4 is 23.6 Å². The van der Waals surface area contributed by atoms with Gasteiger partial charge in [-0.2, -0.15) is 0 Å². The summed E-state index contributed by atoms with van der Waals surface area (Å²) in [6.45, 7) is 8.03. The van der Waals surface area contributed by atoms with Crippen molar-refractivity contribution in [1.29, 1.82) is 0 Å². The Morgan fingerprint density at radius 2 is 1.63 bits per heavy atom. The molecule has 0 amide bonds. The summed E-state index contributed by atoms with van der Waals surface area (Å²) in [4.78, 5) is 0. The Labute approximate surface area is 125 Å². The summed E-state index contributed by atoms with van der Waals surface area (Å²) in [5, 5.41) is 35.7. The van der Waals surface area contributed by atoms with Gasteiger partial charge in [-0.1, -0.05) is 36.7 Å². The minimum atomic E-state index is -0.870. The van der Waals surface area contributed by atoms with E-state index in [0.29, 0.717) is 5.92 Å². The van der Waals surface area contributed by atoms with Crippen molar-refractivity contribution in [2.75, 3.05) is 5.33 Å². The standard InChI is InChI=1S/C10H18O2.C3H7Br.BH3O2/c1-8(2)7-4-5-9(3,11)10(8,12)6-7;1-2-3-4;2-1-3/h7,11-12H,4-6H2,1-3H3;2-3H2,1H3;1-3H. The first-order valence-electron chi connectivity index (χ1n) is 6.87. The third kappa shape index (κ3) is 3.73. The van der Waals surface area contributed by atoms with E-state index in [0.717, 1.165) is 24.6 Å². The smallest absolute Gasteiger partial charge is 0.430 e. The average Bonchev–Trinajstić information content (AvgIpc) is 2.33. The van der Waals surface area contributed by atoms with Crippen LogP contribution in [0.1, 0.15) is 53.4 Å². The highest BCUT2D eigenvalue weighted by Crippen LogP contribution is 2.65. The van der Waals surface area contributed by atoms with Crippen LogP contribution in [-0.4, -0.2) is 44.5 Å². The lowest BCUT2D eigenvalue weighted by atomic mass is 9.41. The number of fused-ring (bicyclic) bond motifs is 2. The Morgan fingerprint density at radius 3 is 1.84 bits per heavy atom. The highest BCUT2D eigenvalue weighted by Gasteiger charge is 2.69. The quantitative estimate of drug-likeness (QED) is 0.429. The van der Waals surface area contributed by atoms with Crippen molar-refractivity contribution in [2.24, 2.45) is 11.3 Å². The third-order valence-electron chi connectivity index (χ3n) is 4.69. The number of aliphatic hydroxyl groups is 2. The molecule has 3 aliphatic carbocycles. The van der Waals surface area contributed by atoms with Gasteiger partial charge in [0.25, 0.3) is 0 Å². The molecule has 19 heavy (non-hydrogen) atoms. The molecule has 114 valence electrons. The van der Waals surface area contributed by atoms with Crippen LogP contribution in [0, 0.1) is 11.3 Å². The zero-order valence-electron chi connectivity index (χ0n) is 12.5. The Hall–Kier alpha value is 0.385. The van der Waals surface area contributed by atoms with Crippen molar-refractivity contribution in [1.82, 2.24) is 0 Å². The lowest BCUT2D eigenvalue weighted by molar-refractivity contribution is -0.312. The zero-order chi connectivity index (χ0) is 15.3. The molecule has 0 aromatic heterocycles. The molecule has 0 radical (unpaired) electrons. The Bertz CT molecular complexity index is 261. The molecule has 3 aliphatic rings. The highest BCUT2D eigenvalue weighted by molar-refractivity contribution is 9.09. The molecule has 4 nitrogen and oxygen atoms in total. The molecule has 4 N–H and O–H groups in total. The van der Waals surface area contributed by atoms with Crippen LogP contribution in [0.3, 0.4) is 0 Å². The van der Waals surface area contributed by atoms with Crippen molar-refractivity contribution < 1.29 is 20.3 Å². The fraction of sp³-hybridized carbons (Fsp3) is 1.00. The summed E-state index contributed by atoms with van der Waals surface area (Å²) in [6, 6.07) is 0. The third-order valence-corrected chi connectivity index (χ3v) is 5.48. The molecule has 0 aromatic carbocycles. The molecule has 3 saturated carbocycles. The van der Waals surface area contributed by atoms with E-state index in [1.807, 2.05) is 0 Å². The number of hydrogen-bond acceptors (Lipinski definition) is 4. The van der Waals surface area contributed by atoms with Crippen LogP contribution in [-0.2, 0) is 0 Å². The lowest BCUT2D eigenvalue weighted by Gasteiger charge is -2.68. The van der Waals surface area contributed by atoms with Gasteiger partial charge in [-0.15, -0.1) is 0 Å². The molecule has 2 bridgehead atoms. The van der Waals surface area contributed by atoms with Crippen LogP contribution in [0.25, 0.3) is 0 Å². The van der Waals surface area contributed by atoms with Gasteiger partial charge < -0.3 is 20.3 Å². The van der Waals surface area contributed by atoms with Crippen LogP contribution in [0.5, 0.6) is 0 Å². The van der Waals surface area contributed by atoms with Gasteiger partial charge in [0.2, 0.25) is 0 Å². The molecule has 3 rings (SSSR count). The summed E-state index contributed by atoms with van der Waals surface area (Å²) in [7, 11) is -0.750. The second kappa shape index (κ2) is 7.41. The summed E-state index contributed by atoms with van der Waals surface area (Å²) < 4.78 is 0. The van der Waals surface area contributed by atoms with Gasteiger partial charge in [0.1, 0.15) is 0 Å². The van der Waals surface area contributed by atoms with E-state index in [1.54, 1.807) is 6.92 Å².